The van der Waals surface area contributed by atoms with Gasteiger partial charge in [0.1, 0.15) is 0 Å². The Hall–Kier alpha value is -0.340. The van der Waals surface area contributed by atoms with Gasteiger partial charge in [0.2, 0.25) is 0 Å². The molecule has 4 aliphatic carbocycles. The molecule has 29 heavy (non-hydrogen) atoms. The number of aliphatic hydroxyl groups is 2. The fourth-order valence-corrected chi connectivity index (χ4v) is 8.71. The number of aliphatic hydroxyl groups excluding tert-OH is 2. The topological polar surface area (TPSA) is 40.5 Å². The standard InChI is InChI=1S/C27H46O2/c1-17(2)7-6-8-18(3)21-11-12-22-20-10-9-19-15-24(28)25(29)16-27(19,5)23(20)13-14-26(21,22)4/h9,17-18,20-25,28-29H,6-8,10-16H2,1-5H3/t18-,20+,21-,22+,23+,24?,25+,26-,27+/m1/s1. The Kier molecular flexibility index (Phi) is 6.01. The predicted molar refractivity (Wildman–Crippen MR) is 120 cm³/mol. The maximum absolute atomic E-state index is 10.5. The molecule has 2 heteroatoms. The molecule has 3 saturated carbocycles. The van der Waals surface area contributed by atoms with E-state index in [0.717, 1.165) is 36.0 Å². The molecule has 0 aromatic carbocycles. The van der Waals surface area contributed by atoms with Gasteiger partial charge in [0.25, 0.3) is 0 Å². The highest BCUT2D eigenvalue weighted by molar-refractivity contribution is 5.26. The van der Waals surface area contributed by atoms with E-state index in [1.807, 2.05) is 0 Å². The lowest BCUT2D eigenvalue weighted by Crippen LogP contribution is -2.53. The molecule has 0 radical (unpaired) electrons. The van der Waals surface area contributed by atoms with E-state index in [1.54, 1.807) is 0 Å². The zero-order valence-corrected chi connectivity index (χ0v) is 19.7. The van der Waals surface area contributed by atoms with Crippen LogP contribution in [0.4, 0.5) is 0 Å². The first kappa shape index (κ1) is 21.9. The number of hydrogen-bond acceptors (Lipinski definition) is 2. The van der Waals surface area contributed by atoms with E-state index in [0.29, 0.717) is 17.8 Å². The summed E-state index contributed by atoms with van der Waals surface area (Å²) in [5.74, 6) is 4.95. The zero-order chi connectivity index (χ0) is 21.0. The first-order chi connectivity index (χ1) is 13.7. The van der Waals surface area contributed by atoms with E-state index >= 15 is 0 Å². The van der Waals surface area contributed by atoms with Gasteiger partial charge in [-0.3, -0.25) is 0 Å². The Morgan fingerprint density at radius 3 is 2.48 bits per heavy atom. The summed E-state index contributed by atoms with van der Waals surface area (Å²) in [6.45, 7) is 12.3. The van der Waals surface area contributed by atoms with E-state index in [9.17, 15) is 10.2 Å². The monoisotopic (exact) mass is 402 g/mol. The molecule has 4 aliphatic rings. The van der Waals surface area contributed by atoms with E-state index in [1.165, 1.54) is 56.9 Å². The van der Waals surface area contributed by atoms with Crippen LogP contribution in [0, 0.1) is 46.3 Å². The van der Waals surface area contributed by atoms with Crippen LogP contribution in [0.25, 0.3) is 0 Å². The van der Waals surface area contributed by atoms with Crippen LogP contribution in [0.15, 0.2) is 11.6 Å². The van der Waals surface area contributed by atoms with Gasteiger partial charge in [0, 0.05) is 0 Å². The molecule has 0 saturated heterocycles. The smallest absolute Gasteiger partial charge is 0.0836 e. The van der Waals surface area contributed by atoms with Crippen LogP contribution in [0.5, 0.6) is 0 Å². The summed E-state index contributed by atoms with van der Waals surface area (Å²) in [6.07, 6.45) is 13.8. The quantitative estimate of drug-likeness (QED) is 0.525. The van der Waals surface area contributed by atoms with Gasteiger partial charge in [0.15, 0.2) is 0 Å². The molecule has 0 aliphatic heterocycles. The summed E-state index contributed by atoms with van der Waals surface area (Å²) in [7, 11) is 0. The van der Waals surface area contributed by atoms with Crippen molar-refractivity contribution in [1.29, 1.82) is 0 Å². The SMILES string of the molecule is CC(C)CCC[C@@H](C)[C@H]1CC[C@H]2[C@@H]3CC=C4CC(O)[C@@H](O)C[C@]4(C)[C@H]3CC[C@]12C. The lowest BCUT2D eigenvalue weighted by Gasteiger charge is -2.59. The van der Waals surface area contributed by atoms with Crippen LogP contribution in [0.3, 0.4) is 0 Å². The third kappa shape index (κ3) is 3.65. The molecule has 0 aromatic rings. The second kappa shape index (κ2) is 7.97. The second-order valence-electron chi connectivity index (χ2n) is 12.3. The largest absolute Gasteiger partial charge is 0.390 e. The van der Waals surface area contributed by atoms with Crippen molar-refractivity contribution < 1.29 is 10.2 Å². The third-order valence-corrected chi connectivity index (χ3v) is 10.3. The molecule has 2 N–H and O–H groups in total. The minimum Gasteiger partial charge on any atom is -0.390 e. The molecular formula is C27H46O2. The summed E-state index contributed by atoms with van der Waals surface area (Å²) >= 11 is 0. The molecule has 0 aromatic heterocycles. The van der Waals surface area contributed by atoms with E-state index in [2.05, 4.69) is 40.7 Å². The Labute approximate surface area is 179 Å². The maximum Gasteiger partial charge on any atom is 0.0836 e. The van der Waals surface area contributed by atoms with Crippen molar-refractivity contribution in [2.24, 2.45) is 46.3 Å². The van der Waals surface area contributed by atoms with Crippen LogP contribution >= 0.6 is 0 Å². The molecule has 0 amide bonds. The summed E-state index contributed by atoms with van der Waals surface area (Å²) < 4.78 is 0. The lowest BCUT2D eigenvalue weighted by molar-refractivity contribution is -0.0889. The number of fused-ring (bicyclic) bond motifs is 5. The molecule has 166 valence electrons. The van der Waals surface area contributed by atoms with Crippen molar-refractivity contribution in [2.45, 2.75) is 111 Å². The highest BCUT2D eigenvalue weighted by Crippen LogP contribution is 2.67. The van der Waals surface area contributed by atoms with Crippen molar-refractivity contribution in [3.8, 4) is 0 Å². The molecule has 0 heterocycles. The number of hydrogen-bond donors (Lipinski definition) is 2. The minimum atomic E-state index is -0.553. The van der Waals surface area contributed by atoms with Crippen LogP contribution < -0.4 is 0 Å². The van der Waals surface area contributed by atoms with Crippen molar-refractivity contribution in [3.05, 3.63) is 11.6 Å². The average Bonchev–Trinajstić information content (AvgIpc) is 3.00. The van der Waals surface area contributed by atoms with Crippen LogP contribution in [0.2, 0.25) is 0 Å². The van der Waals surface area contributed by atoms with Gasteiger partial charge in [-0.05, 0) is 91.3 Å². The van der Waals surface area contributed by atoms with Gasteiger partial charge in [-0.15, -0.1) is 0 Å². The Morgan fingerprint density at radius 2 is 1.76 bits per heavy atom. The molecule has 3 fully saturated rings. The normalized spacial score (nSPS) is 47.9. The summed E-state index contributed by atoms with van der Waals surface area (Å²) in [5, 5.41) is 20.7. The third-order valence-electron chi connectivity index (χ3n) is 10.3. The fourth-order valence-electron chi connectivity index (χ4n) is 8.71. The summed E-state index contributed by atoms with van der Waals surface area (Å²) in [5.41, 5.74) is 2.09. The Balaban J connectivity index is 1.50. The highest BCUT2D eigenvalue weighted by Gasteiger charge is 2.59. The van der Waals surface area contributed by atoms with Crippen molar-refractivity contribution in [1.82, 2.24) is 0 Å². The van der Waals surface area contributed by atoms with Gasteiger partial charge in [0.05, 0.1) is 12.2 Å². The van der Waals surface area contributed by atoms with Gasteiger partial charge in [-0.25, -0.2) is 0 Å². The van der Waals surface area contributed by atoms with Gasteiger partial charge < -0.3 is 10.2 Å². The fraction of sp³-hybridized carbons (Fsp3) is 0.926. The van der Waals surface area contributed by atoms with Crippen LogP contribution in [0.1, 0.15) is 98.8 Å². The van der Waals surface area contributed by atoms with Gasteiger partial charge >= 0.3 is 0 Å². The van der Waals surface area contributed by atoms with E-state index in [-0.39, 0.29) is 5.41 Å². The Morgan fingerprint density at radius 1 is 1.00 bits per heavy atom. The van der Waals surface area contributed by atoms with Crippen LogP contribution in [-0.2, 0) is 0 Å². The summed E-state index contributed by atoms with van der Waals surface area (Å²) in [4.78, 5) is 0. The first-order valence-corrected chi connectivity index (χ1v) is 12.7. The Bertz CT molecular complexity index is 624. The molecule has 1 unspecified atom stereocenters. The second-order valence-corrected chi connectivity index (χ2v) is 12.3. The van der Waals surface area contributed by atoms with E-state index < -0.39 is 12.2 Å². The first-order valence-electron chi connectivity index (χ1n) is 12.7. The number of allylic oxidation sites excluding steroid dienone is 1. The zero-order valence-electron chi connectivity index (χ0n) is 19.7. The average molecular weight is 403 g/mol. The molecule has 9 atom stereocenters. The highest BCUT2D eigenvalue weighted by atomic mass is 16.3. The molecule has 0 spiro atoms. The van der Waals surface area contributed by atoms with Gasteiger partial charge in [-0.2, -0.15) is 0 Å². The lowest BCUT2D eigenvalue weighted by atomic mass is 9.46. The van der Waals surface area contributed by atoms with E-state index in [4.69, 9.17) is 0 Å². The molecule has 4 rings (SSSR count). The van der Waals surface area contributed by atoms with Crippen molar-refractivity contribution >= 4 is 0 Å². The molecule has 2 nitrogen and oxygen atoms in total. The van der Waals surface area contributed by atoms with Gasteiger partial charge in [-0.1, -0.05) is 65.5 Å². The molecular weight excluding hydrogens is 356 g/mol. The predicted octanol–water partition coefficient (Wildman–Crippen LogP) is 6.36. The van der Waals surface area contributed by atoms with Crippen LogP contribution in [-0.4, -0.2) is 22.4 Å². The van der Waals surface area contributed by atoms with Crippen molar-refractivity contribution in [3.63, 3.8) is 0 Å². The maximum atomic E-state index is 10.5. The minimum absolute atomic E-state index is 0.115. The molecule has 0 bridgehead atoms. The number of rotatable bonds is 5. The van der Waals surface area contributed by atoms with Crippen molar-refractivity contribution in [2.75, 3.05) is 0 Å². The summed E-state index contributed by atoms with van der Waals surface area (Å²) in [6, 6.07) is 0.